The molecule has 1 aromatic rings. The van der Waals surface area contributed by atoms with Gasteiger partial charge in [0.2, 0.25) is 0 Å². The molecule has 1 atom stereocenters. The van der Waals surface area contributed by atoms with Gasteiger partial charge in [-0.2, -0.15) is 0 Å². The Balaban J connectivity index is 2.16. The van der Waals surface area contributed by atoms with Crippen LogP contribution in [0.2, 0.25) is 0 Å². The molecule has 0 amide bonds. The number of para-hydroxylation sites is 1. The number of rotatable bonds is 4. The van der Waals surface area contributed by atoms with Gasteiger partial charge in [0.15, 0.2) is 0 Å². The topological polar surface area (TPSA) is 41.5 Å². The molecule has 3 nitrogen and oxygen atoms in total. The Morgan fingerprint density at radius 1 is 1.47 bits per heavy atom. The maximum absolute atomic E-state index is 13.1. The Morgan fingerprint density at radius 3 is 3.00 bits per heavy atom. The number of aliphatic hydroxyl groups excluding tert-OH is 1. The second-order valence-corrected chi connectivity index (χ2v) is 4.93. The van der Waals surface area contributed by atoms with Crippen molar-refractivity contribution in [2.75, 3.05) is 19.8 Å². The standard InChI is InChI=1S/C14H19F2NO2/c1-10-4-2-5-11-12(6-3-7-19-13(10)11)17-8-14(15,16)9-18/h2,4-5,12,17-18H,3,6-9H2,1H3. The molecule has 19 heavy (non-hydrogen) atoms. The quantitative estimate of drug-likeness (QED) is 0.883. The molecule has 0 fully saturated rings. The summed E-state index contributed by atoms with van der Waals surface area (Å²) in [6.07, 6.45) is 1.56. The zero-order chi connectivity index (χ0) is 13.9. The number of nitrogens with one attached hydrogen (secondary N) is 1. The summed E-state index contributed by atoms with van der Waals surface area (Å²) in [5.74, 6) is -2.29. The first-order valence-corrected chi connectivity index (χ1v) is 6.48. The van der Waals surface area contributed by atoms with Crippen LogP contribution in [0.5, 0.6) is 5.75 Å². The molecule has 0 saturated carbocycles. The lowest BCUT2D eigenvalue weighted by Crippen LogP contribution is -2.37. The van der Waals surface area contributed by atoms with Gasteiger partial charge in [-0.15, -0.1) is 0 Å². The van der Waals surface area contributed by atoms with Gasteiger partial charge in [-0.1, -0.05) is 18.2 Å². The molecule has 2 rings (SSSR count). The van der Waals surface area contributed by atoms with Crippen molar-refractivity contribution in [2.24, 2.45) is 0 Å². The van der Waals surface area contributed by atoms with Crippen LogP contribution in [0.25, 0.3) is 0 Å². The Bertz CT molecular complexity index is 437. The number of aliphatic hydroxyl groups is 1. The third kappa shape index (κ3) is 3.42. The van der Waals surface area contributed by atoms with Crippen molar-refractivity contribution in [1.29, 1.82) is 0 Å². The van der Waals surface area contributed by atoms with Crippen LogP contribution in [-0.4, -0.2) is 30.8 Å². The second kappa shape index (κ2) is 5.84. The predicted molar refractivity (Wildman–Crippen MR) is 68.7 cm³/mol. The maximum Gasteiger partial charge on any atom is 0.282 e. The van der Waals surface area contributed by atoms with E-state index < -0.39 is 19.1 Å². The molecule has 1 aliphatic rings. The highest BCUT2D eigenvalue weighted by atomic mass is 19.3. The van der Waals surface area contributed by atoms with Crippen LogP contribution in [0, 0.1) is 6.92 Å². The van der Waals surface area contributed by atoms with E-state index >= 15 is 0 Å². The van der Waals surface area contributed by atoms with Crippen molar-refractivity contribution in [3.63, 3.8) is 0 Å². The average Bonchev–Trinajstić information content (AvgIpc) is 2.60. The number of benzene rings is 1. The van der Waals surface area contributed by atoms with Gasteiger partial charge < -0.3 is 15.2 Å². The summed E-state index contributed by atoms with van der Waals surface area (Å²) in [5, 5.41) is 11.4. The first-order valence-electron chi connectivity index (χ1n) is 6.48. The molecular weight excluding hydrogens is 252 g/mol. The molecule has 0 aliphatic carbocycles. The van der Waals surface area contributed by atoms with Gasteiger partial charge in [-0.3, -0.25) is 0 Å². The molecular formula is C14H19F2NO2. The minimum absolute atomic E-state index is 0.158. The lowest BCUT2D eigenvalue weighted by atomic mass is 9.99. The van der Waals surface area contributed by atoms with E-state index in [9.17, 15) is 8.78 Å². The molecule has 0 bridgehead atoms. The van der Waals surface area contributed by atoms with E-state index in [4.69, 9.17) is 9.84 Å². The molecule has 1 aromatic carbocycles. The average molecular weight is 271 g/mol. The lowest BCUT2D eigenvalue weighted by molar-refractivity contribution is -0.0495. The van der Waals surface area contributed by atoms with Crippen molar-refractivity contribution < 1.29 is 18.6 Å². The number of hydrogen-bond donors (Lipinski definition) is 2. The number of fused-ring (bicyclic) bond motifs is 1. The Kier molecular flexibility index (Phi) is 4.37. The van der Waals surface area contributed by atoms with Crippen molar-refractivity contribution in [2.45, 2.75) is 31.7 Å². The van der Waals surface area contributed by atoms with E-state index in [2.05, 4.69) is 5.32 Å². The Morgan fingerprint density at radius 2 is 2.26 bits per heavy atom. The van der Waals surface area contributed by atoms with E-state index in [0.29, 0.717) is 6.61 Å². The zero-order valence-electron chi connectivity index (χ0n) is 11.0. The van der Waals surface area contributed by atoms with Crippen molar-refractivity contribution in [1.82, 2.24) is 5.32 Å². The third-order valence-electron chi connectivity index (χ3n) is 3.34. The molecule has 106 valence electrons. The van der Waals surface area contributed by atoms with Gasteiger partial charge >= 0.3 is 0 Å². The van der Waals surface area contributed by atoms with Crippen LogP contribution >= 0.6 is 0 Å². The van der Waals surface area contributed by atoms with Crippen LogP contribution in [0.15, 0.2) is 18.2 Å². The Labute approximate surface area is 111 Å². The van der Waals surface area contributed by atoms with Crippen LogP contribution in [0.4, 0.5) is 8.78 Å². The highest BCUT2D eigenvalue weighted by Gasteiger charge is 2.30. The van der Waals surface area contributed by atoms with Crippen molar-refractivity contribution >= 4 is 0 Å². The third-order valence-corrected chi connectivity index (χ3v) is 3.34. The molecule has 0 saturated heterocycles. The van der Waals surface area contributed by atoms with Gasteiger partial charge in [0.25, 0.3) is 5.92 Å². The van der Waals surface area contributed by atoms with Crippen molar-refractivity contribution in [3.05, 3.63) is 29.3 Å². The van der Waals surface area contributed by atoms with Gasteiger partial charge in [0.1, 0.15) is 12.4 Å². The summed E-state index contributed by atoms with van der Waals surface area (Å²) in [6.45, 7) is 0.890. The first kappa shape index (κ1) is 14.2. The number of halogens is 2. The van der Waals surface area contributed by atoms with Gasteiger partial charge in [-0.05, 0) is 25.3 Å². The van der Waals surface area contributed by atoms with E-state index in [1.807, 2.05) is 25.1 Å². The molecule has 1 heterocycles. The maximum atomic E-state index is 13.1. The molecule has 0 aromatic heterocycles. The summed E-state index contributed by atoms with van der Waals surface area (Å²) in [7, 11) is 0. The lowest BCUT2D eigenvalue weighted by Gasteiger charge is -2.22. The second-order valence-electron chi connectivity index (χ2n) is 4.93. The zero-order valence-corrected chi connectivity index (χ0v) is 11.0. The minimum Gasteiger partial charge on any atom is -0.493 e. The van der Waals surface area contributed by atoms with Crippen LogP contribution in [0.1, 0.15) is 30.0 Å². The van der Waals surface area contributed by atoms with E-state index in [0.717, 1.165) is 29.7 Å². The normalized spacial score (nSPS) is 19.5. The van der Waals surface area contributed by atoms with Crippen LogP contribution in [0.3, 0.4) is 0 Å². The number of ether oxygens (including phenoxy) is 1. The summed E-state index contributed by atoms with van der Waals surface area (Å²) in [6, 6.07) is 5.60. The summed E-state index contributed by atoms with van der Waals surface area (Å²) in [4.78, 5) is 0. The van der Waals surface area contributed by atoms with Gasteiger partial charge in [-0.25, -0.2) is 8.78 Å². The van der Waals surface area contributed by atoms with E-state index in [1.54, 1.807) is 0 Å². The molecule has 1 unspecified atom stereocenters. The summed E-state index contributed by atoms with van der Waals surface area (Å²) >= 11 is 0. The molecule has 0 spiro atoms. The molecule has 2 N–H and O–H groups in total. The van der Waals surface area contributed by atoms with Gasteiger partial charge in [0.05, 0.1) is 13.2 Å². The minimum atomic E-state index is -3.09. The predicted octanol–water partition coefficient (Wildman–Crippen LogP) is 2.43. The smallest absolute Gasteiger partial charge is 0.282 e. The fourth-order valence-corrected chi connectivity index (χ4v) is 2.30. The monoisotopic (exact) mass is 271 g/mol. The number of hydrogen-bond acceptors (Lipinski definition) is 3. The van der Waals surface area contributed by atoms with E-state index in [-0.39, 0.29) is 6.04 Å². The van der Waals surface area contributed by atoms with Crippen LogP contribution < -0.4 is 10.1 Å². The fourth-order valence-electron chi connectivity index (χ4n) is 2.30. The SMILES string of the molecule is Cc1cccc2c1OCCCC2NCC(F)(F)CO. The van der Waals surface area contributed by atoms with E-state index in [1.165, 1.54) is 0 Å². The molecule has 5 heteroatoms. The van der Waals surface area contributed by atoms with Crippen molar-refractivity contribution in [3.8, 4) is 5.75 Å². The fraction of sp³-hybridized carbons (Fsp3) is 0.571. The van der Waals surface area contributed by atoms with Crippen LogP contribution in [-0.2, 0) is 0 Å². The highest BCUT2D eigenvalue weighted by molar-refractivity contribution is 5.43. The number of aryl methyl sites for hydroxylation is 1. The summed E-state index contributed by atoms with van der Waals surface area (Å²) < 4.78 is 31.9. The highest BCUT2D eigenvalue weighted by Crippen LogP contribution is 2.34. The van der Waals surface area contributed by atoms with Gasteiger partial charge in [0, 0.05) is 11.6 Å². The molecule has 1 aliphatic heterocycles. The summed E-state index contributed by atoms with van der Waals surface area (Å²) in [5.41, 5.74) is 1.94. The largest absolute Gasteiger partial charge is 0.493 e. The first-order chi connectivity index (χ1) is 9.03. The Hall–Kier alpha value is -1.20. The number of alkyl halides is 2. The molecule has 0 radical (unpaired) electrons.